The van der Waals surface area contributed by atoms with Crippen molar-refractivity contribution in [3.63, 3.8) is 0 Å². The predicted octanol–water partition coefficient (Wildman–Crippen LogP) is 3.44. The number of sulfonamides is 1. The Morgan fingerprint density at radius 2 is 2.03 bits per heavy atom. The molecular formula is C22H29N3O4S. The normalized spacial score (nSPS) is 15.6. The van der Waals surface area contributed by atoms with Crippen molar-refractivity contribution in [2.45, 2.75) is 39.2 Å². The second kappa shape index (κ2) is 10.5. The zero-order chi connectivity index (χ0) is 21.4. The van der Waals surface area contributed by atoms with Crippen LogP contribution >= 0.6 is 0 Å². The molecule has 1 aromatic heterocycles. The van der Waals surface area contributed by atoms with Gasteiger partial charge in [0.2, 0.25) is 15.9 Å². The largest absolute Gasteiger partial charge is 0.489 e. The molecule has 0 spiro atoms. The number of ether oxygens (including phenoxy) is 1. The molecule has 1 fully saturated rings. The van der Waals surface area contributed by atoms with Crippen molar-refractivity contribution < 1.29 is 17.9 Å². The van der Waals surface area contributed by atoms with Crippen molar-refractivity contribution in [1.29, 1.82) is 0 Å². The highest BCUT2D eigenvalue weighted by Crippen LogP contribution is 2.24. The van der Waals surface area contributed by atoms with E-state index in [1.807, 2.05) is 37.3 Å². The van der Waals surface area contributed by atoms with Gasteiger partial charge in [-0.25, -0.2) is 12.7 Å². The number of hydrogen-bond donors (Lipinski definition) is 1. The molecule has 2 aromatic rings. The minimum atomic E-state index is -3.21. The Labute approximate surface area is 178 Å². The van der Waals surface area contributed by atoms with Crippen molar-refractivity contribution in [3.05, 3.63) is 54.4 Å². The van der Waals surface area contributed by atoms with Gasteiger partial charge in [-0.1, -0.05) is 25.5 Å². The molecule has 1 aliphatic heterocycles. The number of anilines is 1. The molecule has 30 heavy (non-hydrogen) atoms. The third-order valence-corrected chi connectivity index (χ3v) is 7.16. The third-order valence-electron chi connectivity index (χ3n) is 5.20. The molecule has 0 radical (unpaired) electrons. The van der Waals surface area contributed by atoms with Gasteiger partial charge in [-0.05, 0) is 37.5 Å². The number of benzene rings is 1. The summed E-state index contributed by atoms with van der Waals surface area (Å²) >= 11 is 0. The summed E-state index contributed by atoms with van der Waals surface area (Å²) in [5, 5.41) is 2.94. The summed E-state index contributed by atoms with van der Waals surface area (Å²) in [5.74, 6) is 0.577. The molecule has 0 saturated carbocycles. The Morgan fingerprint density at radius 3 is 2.73 bits per heavy atom. The first kappa shape index (κ1) is 22.2. The Balaban J connectivity index is 1.50. The predicted molar refractivity (Wildman–Crippen MR) is 117 cm³/mol. The molecule has 1 amide bonds. The SMILES string of the molecule is CCCCS(=O)(=O)N1CCC(C(=O)Nc2cccc(OCc3cccnc3)c2)CC1. The molecule has 1 aromatic carbocycles. The van der Waals surface area contributed by atoms with E-state index in [0.29, 0.717) is 50.4 Å². The number of aromatic nitrogens is 1. The quantitative estimate of drug-likeness (QED) is 0.657. The van der Waals surface area contributed by atoms with Crippen LogP contribution in [-0.2, 0) is 21.4 Å². The van der Waals surface area contributed by atoms with E-state index in [-0.39, 0.29) is 17.6 Å². The number of rotatable bonds is 9. The lowest BCUT2D eigenvalue weighted by atomic mass is 9.97. The first-order valence-electron chi connectivity index (χ1n) is 10.4. The van der Waals surface area contributed by atoms with Crippen molar-refractivity contribution in [1.82, 2.24) is 9.29 Å². The highest BCUT2D eigenvalue weighted by atomic mass is 32.2. The molecule has 8 heteroatoms. The zero-order valence-electron chi connectivity index (χ0n) is 17.3. The van der Waals surface area contributed by atoms with Gasteiger partial charge in [0.05, 0.1) is 5.75 Å². The third kappa shape index (κ3) is 6.27. The molecule has 1 aliphatic rings. The molecule has 0 aliphatic carbocycles. The van der Waals surface area contributed by atoms with Gasteiger partial charge in [0.25, 0.3) is 0 Å². The number of carbonyl (C=O) groups is 1. The number of hydrogen-bond acceptors (Lipinski definition) is 5. The number of pyridine rings is 1. The van der Waals surface area contributed by atoms with Gasteiger partial charge in [-0.15, -0.1) is 0 Å². The van der Waals surface area contributed by atoms with Gasteiger partial charge in [0.1, 0.15) is 12.4 Å². The monoisotopic (exact) mass is 431 g/mol. The van der Waals surface area contributed by atoms with E-state index in [4.69, 9.17) is 4.74 Å². The minimum Gasteiger partial charge on any atom is -0.489 e. The number of amides is 1. The molecule has 0 unspecified atom stereocenters. The van der Waals surface area contributed by atoms with Crippen LogP contribution in [0.5, 0.6) is 5.75 Å². The summed E-state index contributed by atoms with van der Waals surface area (Å²) in [6, 6.07) is 11.1. The number of unbranched alkanes of at least 4 members (excludes halogenated alkanes) is 1. The van der Waals surface area contributed by atoms with E-state index in [1.165, 1.54) is 4.31 Å². The zero-order valence-corrected chi connectivity index (χ0v) is 18.1. The Hall–Kier alpha value is -2.45. The van der Waals surface area contributed by atoms with E-state index < -0.39 is 10.0 Å². The second-order valence-electron chi connectivity index (χ2n) is 7.51. The van der Waals surface area contributed by atoms with Crippen LogP contribution in [0.1, 0.15) is 38.2 Å². The maximum Gasteiger partial charge on any atom is 0.227 e. The highest BCUT2D eigenvalue weighted by molar-refractivity contribution is 7.89. The Bertz CT molecular complexity index is 926. The molecule has 0 bridgehead atoms. The number of carbonyl (C=O) groups excluding carboxylic acids is 1. The van der Waals surface area contributed by atoms with Gasteiger partial charge in [-0.2, -0.15) is 0 Å². The van der Waals surface area contributed by atoms with Gasteiger partial charge in [0, 0.05) is 48.7 Å². The van der Waals surface area contributed by atoms with E-state index >= 15 is 0 Å². The maximum absolute atomic E-state index is 12.7. The molecule has 3 rings (SSSR count). The van der Waals surface area contributed by atoms with Gasteiger partial charge >= 0.3 is 0 Å². The molecule has 0 atom stereocenters. The molecular weight excluding hydrogens is 402 g/mol. The summed E-state index contributed by atoms with van der Waals surface area (Å²) < 4.78 is 31.9. The van der Waals surface area contributed by atoms with Crippen LogP contribution in [0.3, 0.4) is 0 Å². The van der Waals surface area contributed by atoms with Gasteiger partial charge in [-0.3, -0.25) is 9.78 Å². The topological polar surface area (TPSA) is 88.6 Å². The average molecular weight is 432 g/mol. The molecule has 2 heterocycles. The molecule has 7 nitrogen and oxygen atoms in total. The maximum atomic E-state index is 12.7. The summed E-state index contributed by atoms with van der Waals surface area (Å²) in [4.78, 5) is 16.7. The fourth-order valence-corrected chi connectivity index (χ4v) is 5.09. The second-order valence-corrected chi connectivity index (χ2v) is 9.60. The first-order chi connectivity index (χ1) is 14.5. The smallest absolute Gasteiger partial charge is 0.227 e. The molecule has 1 saturated heterocycles. The fourth-order valence-electron chi connectivity index (χ4n) is 3.41. The number of nitrogens with one attached hydrogen (secondary N) is 1. The first-order valence-corrected chi connectivity index (χ1v) is 12.0. The lowest BCUT2D eigenvalue weighted by Gasteiger charge is -2.30. The summed E-state index contributed by atoms with van der Waals surface area (Å²) in [6.45, 7) is 3.18. The standard InChI is InChI=1S/C22H29N3O4S/c1-2-3-14-30(27,28)25-12-9-19(10-13-25)22(26)24-20-7-4-8-21(15-20)29-17-18-6-5-11-23-16-18/h4-8,11,15-16,19H,2-3,9-10,12-14,17H2,1H3,(H,24,26). The lowest BCUT2D eigenvalue weighted by molar-refractivity contribution is -0.120. The Kier molecular flexibility index (Phi) is 7.81. The van der Waals surface area contributed by atoms with Gasteiger partial charge in [0.15, 0.2) is 0 Å². The van der Waals surface area contributed by atoms with Crippen LogP contribution in [0.4, 0.5) is 5.69 Å². The summed E-state index contributed by atoms with van der Waals surface area (Å²) in [7, 11) is -3.21. The van der Waals surface area contributed by atoms with Gasteiger partial charge < -0.3 is 10.1 Å². The highest BCUT2D eigenvalue weighted by Gasteiger charge is 2.30. The summed E-state index contributed by atoms with van der Waals surface area (Å²) in [6.07, 6.45) is 6.05. The molecule has 162 valence electrons. The average Bonchev–Trinajstić information content (AvgIpc) is 2.77. The van der Waals surface area contributed by atoms with Crippen LogP contribution in [0, 0.1) is 5.92 Å². The summed E-state index contributed by atoms with van der Waals surface area (Å²) in [5.41, 5.74) is 1.63. The number of piperidine rings is 1. The molecule has 1 N–H and O–H groups in total. The number of nitrogens with zero attached hydrogens (tertiary/aromatic N) is 2. The van der Waals surface area contributed by atoms with Crippen molar-refractivity contribution in [2.24, 2.45) is 5.92 Å². The van der Waals surface area contributed by atoms with E-state index in [0.717, 1.165) is 12.0 Å². The van der Waals surface area contributed by atoms with Crippen molar-refractivity contribution >= 4 is 21.6 Å². The van der Waals surface area contributed by atoms with Crippen LogP contribution in [0.2, 0.25) is 0 Å². The van der Waals surface area contributed by atoms with E-state index in [1.54, 1.807) is 18.5 Å². The van der Waals surface area contributed by atoms with Crippen LogP contribution < -0.4 is 10.1 Å². The van der Waals surface area contributed by atoms with Crippen LogP contribution in [-0.4, -0.2) is 42.5 Å². The van der Waals surface area contributed by atoms with E-state index in [9.17, 15) is 13.2 Å². The van der Waals surface area contributed by atoms with Crippen molar-refractivity contribution in [3.8, 4) is 5.75 Å². The Morgan fingerprint density at radius 1 is 1.23 bits per heavy atom. The van der Waals surface area contributed by atoms with Crippen molar-refractivity contribution in [2.75, 3.05) is 24.2 Å². The minimum absolute atomic E-state index is 0.0787. The van der Waals surface area contributed by atoms with Crippen LogP contribution in [0.25, 0.3) is 0 Å². The van der Waals surface area contributed by atoms with Crippen LogP contribution in [0.15, 0.2) is 48.8 Å². The lowest BCUT2D eigenvalue weighted by Crippen LogP contribution is -2.42. The fraction of sp³-hybridized carbons (Fsp3) is 0.455. The van der Waals surface area contributed by atoms with E-state index in [2.05, 4.69) is 10.3 Å².